The number of hydrogen-bond donors (Lipinski definition) is 0. The van der Waals surface area contributed by atoms with E-state index in [1.54, 1.807) is 6.20 Å². The van der Waals surface area contributed by atoms with Gasteiger partial charge in [-0.2, -0.15) is 0 Å². The van der Waals surface area contributed by atoms with Crippen LogP contribution < -0.4 is 0 Å². The number of aromatic nitrogens is 3. The molecule has 0 aromatic carbocycles. The van der Waals surface area contributed by atoms with Crippen molar-refractivity contribution in [3.05, 3.63) is 65.5 Å². The van der Waals surface area contributed by atoms with Crippen molar-refractivity contribution in [3.63, 3.8) is 0 Å². The van der Waals surface area contributed by atoms with Gasteiger partial charge in [0.05, 0.1) is 6.20 Å². The first-order valence-corrected chi connectivity index (χ1v) is 7.91. The van der Waals surface area contributed by atoms with E-state index in [0.29, 0.717) is 18.8 Å². The number of hydrogen-bond acceptors (Lipinski definition) is 4. The van der Waals surface area contributed by atoms with Crippen LogP contribution in [-0.2, 0) is 0 Å². The third-order valence-electron chi connectivity index (χ3n) is 3.84. The molecule has 3 heterocycles. The van der Waals surface area contributed by atoms with Gasteiger partial charge in [0.25, 0.3) is 5.91 Å². The van der Waals surface area contributed by atoms with Crippen LogP contribution in [0.4, 0.5) is 0 Å². The Morgan fingerprint density at radius 1 is 1.25 bits per heavy atom. The van der Waals surface area contributed by atoms with Crippen molar-refractivity contribution >= 4 is 5.91 Å². The largest absolute Gasteiger partial charge is 0.337 e. The van der Waals surface area contributed by atoms with Gasteiger partial charge >= 0.3 is 0 Å². The molecule has 2 aromatic heterocycles. The number of nitrogens with zero attached hydrogens (tertiary/aromatic N) is 4. The summed E-state index contributed by atoms with van der Waals surface area (Å²) in [6.07, 6.45) is 8.24. The molecule has 0 N–H and O–H groups in total. The molecule has 3 rings (SSSR count). The summed E-state index contributed by atoms with van der Waals surface area (Å²) in [5, 5.41) is 0. The zero-order valence-electron chi connectivity index (χ0n) is 13.6. The third kappa shape index (κ3) is 4.05. The van der Waals surface area contributed by atoms with Gasteiger partial charge in [0.2, 0.25) is 0 Å². The average molecular weight is 318 g/mol. The van der Waals surface area contributed by atoms with Gasteiger partial charge in [0.1, 0.15) is 11.4 Å². The Kier molecular flexibility index (Phi) is 4.97. The van der Waals surface area contributed by atoms with Crippen LogP contribution in [0.3, 0.4) is 0 Å². The Hall–Kier alpha value is -3.00. The maximum absolute atomic E-state index is 12.3. The molecule has 1 amide bonds. The number of carbonyl (C=O) groups is 1. The molecule has 0 aliphatic carbocycles. The van der Waals surface area contributed by atoms with Crippen LogP contribution in [-0.4, -0.2) is 38.8 Å². The van der Waals surface area contributed by atoms with Crippen LogP contribution >= 0.6 is 0 Å². The summed E-state index contributed by atoms with van der Waals surface area (Å²) >= 11 is 0. The molecule has 1 aliphatic heterocycles. The minimum absolute atomic E-state index is 0.0582. The molecule has 120 valence electrons. The van der Waals surface area contributed by atoms with Gasteiger partial charge in [-0.1, -0.05) is 17.6 Å². The fraction of sp³-hybridized carbons (Fsp3) is 0.263. The molecule has 0 atom stereocenters. The monoisotopic (exact) mass is 318 g/mol. The van der Waals surface area contributed by atoms with Crippen LogP contribution in [0.25, 0.3) is 0 Å². The van der Waals surface area contributed by atoms with Crippen molar-refractivity contribution < 1.29 is 4.79 Å². The highest BCUT2D eigenvalue weighted by atomic mass is 16.2. The Balaban J connectivity index is 1.58. The van der Waals surface area contributed by atoms with Gasteiger partial charge in [0, 0.05) is 31.2 Å². The predicted octanol–water partition coefficient (Wildman–Crippen LogP) is 2.39. The number of aryl methyl sites for hydroxylation is 1. The van der Waals surface area contributed by atoms with Gasteiger partial charge in [0.15, 0.2) is 0 Å². The number of amides is 1. The molecule has 0 radical (unpaired) electrons. The maximum atomic E-state index is 12.3. The first-order chi connectivity index (χ1) is 11.7. The summed E-state index contributed by atoms with van der Waals surface area (Å²) < 4.78 is 0. The Labute approximate surface area is 141 Å². The number of rotatable bonds is 1. The van der Waals surface area contributed by atoms with E-state index >= 15 is 0 Å². The molecule has 0 spiro atoms. The van der Waals surface area contributed by atoms with Crippen molar-refractivity contribution in [2.45, 2.75) is 19.8 Å². The summed E-state index contributed by atoms with van der Waals surface area (Å²) in [6, 6.07) is 5.81. The van der Waals surface area contributed by atoms with E-state index in [2.05, 4.69) is 26.8 Å². The summed E-state index contributed by atoms with van der Waals surface area (Å²) in [5.41, 5.74) is 3.40. The number of carbonyl (C=O) groups excluding carboxylic acids is 1. The topological polar surface area (TPSA) is 59.0 Å². The molecule has 1 saturated heterocycles. The van der Waals surface area contributed by atoms with Gasteiger partial charge in [-0.05, 0) is 43.9 Å². The molecule has 0 saturated carbocycles. The number of likely N-dealkylation sites (tertiary alicyclic amines) is 1. The summed E-state index contributed by atoms with van der Waals surface area (Å²) in [4.78, 5) is 26.5. The lowest BCUT2D eigenvalue weighted by atomic mass is 10.0. The van der Waals surface area contributed by atoms with Gasteiger partial charge in [-0.3, -0.25) is 9.78 Å². The molecular formula is C19H18N4O. The zero-order valence-corrected chi connectivity index (χ0v) is 13.6. The van der Waals surface area contributed by atoms with E-state index in [1.807, 2.05) is 36.1 Å². The molecule has 0 bridgehead atoms. The number of allylic oxidation sites excluding steroid dienone is 1. The Morgan fingerprint density at radius 2 is 2.08 bits per heavy atom. The Morgan fingerprint density at radius 3 is 2.79 bits per heavy atom. The zero-order chi connectivity index (χ0) is 16.8. The highest BCUT2D eigenvalue weighted by Crippen LogP contribution is 2.17. The Bertz CT molecular complexity index is 808. The van der Waals surface area contributed by atoms with Gasteiger partial charge in [-0.15, -0.1) is 0 Å². The van der Waals surface area contributed by atoms with Crippen molar-refractivity contribution in [3.8, 4) is 11.8 Å². The number of piperidine rings is 1. The highest BCUT2D eigenvalue weighted by molar-refractivity contribution is 5.92. The van der Waals surface area contributed by atoms with Crippen LogP contribution in [0, 0.1) is 18.8 Å². The smallest absolute Gasteiger partial charge is 0.274 e. The van der Waals surface area contributed by atoms with E-state index in [4.69, 9.17) is 0 Å². The van der Waals surface area contributed by atoms with Crippen LogP contribution in [0.15, 0.2) is 48.4 Å². The fourth-order valence-electron chi connectivity index (χ4n) is 2.54. The second-order valence-corrected chi connectivity index (χ2v) is 5.62. The van der Waals surface area contributed by atoms with Crippen molar-refractivity contribution in [2.24, 2.45) is 0 Å². The summed E-state index contributed by atoms with van der Waals surface area (Å²) in [6.45, 7) is 3.32. The lowest BCUT2D eigenvalue weighted by molar-refractivity contribution is 0.0737. The van der Waals surface area contributed by atoms with Gasteiger partial charge in [-0.25, -0.2) is 9.97 Å². The van der Waals surface area contributed by atoms with Crippen LogP contribution in [0.2, 0.25) is 0 Å². The van der Waals surface area contributed by atoms with Gasteiger partial charge < -0.3 is 4.90 Å². The average Bonchev–Trinajstić information content (AvgIpc) is 2.63. The SMILES string of the molecule is Cc1cccc(C#CC=C2CCN(C(=O)c3cnccn3)CC2)n1. The molecule has 1 fully saturated rings. The first kappa shape index (κ1) is 15.9. The van der Waals surface area contributed by atoms with E-state index in [-0.39, 0.29) is 5.91 Å². The van der Waals surface area contributed by atoms with E-state index < -0.39 is 0 Å². The molecule has 5 heteroatoms. The lowest BCUT2D eigenvalue weighted by Gasteiger charge is -2.27. The fourth-order valence-corrected chi connectivity index (χ4v) is 2.54. The molecular weight excluding hydrogens is 300 g/mol. The molecule has 0 unspecified atom stereocenters. The third-order valence-corrected chi connectivity index (χ3v) is 3.84. The maximum Gasteiger partial charge on any atom is 0.274 e. The second kappa shape index (κ2) is 7.51. The standard InChI is InChI=1S/C19H18N4O/c1-15-4-2-6-17(22-15)7-3-5-16-8-12-23(13-9-16)19(24)18-14-20-10-11-21-18/h2,4-6,10-11,14H,8-9,12-13H2,1H3. The normalized spacial score (nSPS) is 13.9. The first-order valence-electron chi connectivity index (χ1n) is 7.91. The minimum Gasteiger partial charge on any atom is -0.337 e. The van der Waals surface area contributed by atoms with Crippen molar-refractivity contribution in [1.82, 2.24) is 19.9 Å². The van der Waals surface area contributed by atoms with Crippen LogP contribution in [0.1, 0.15) is 34.7 Å². The molecule has 5 nitrogen and oxygen atoms in total. The molecule has 24 heavy (non-hydrogen) atoms. The van der Waals surface area contributed by atoms with Crippen molar-refractivity contribution in [1.29, 1.82) is 0 Å². The number of pyridine rings is 1. The van der Waals surface area contributed by atoms with E-state index in [1.165, 1.54) is 18.0 Å². The highest BCUT2D eigenvalue weighted by Gasteiger charge is 2.20. The minimum atomic E-state index is -0.0582. The lowest BCUT2D eigenvalue weighted by Crippen LogP contribution is -2.36. The quantitative estimate of drug-likeness (QED) is 0.758. The van der Waals surface area contributed by atoms with Crippen molar-refractivity contribution in [2.75, 3.05) is 13.1 Å². The van der Waals surface area contributed by atoms with E-state index in [9.17, 15) is 4.79 Å². The summed E-state index contributed by atoms with van der Waals surface area (Å²) in [5.74, 6) is 6.07. The molecule has 2 aromatic rings. The predicted molar refractivity (Wildman–Crippen MR) is 91.1 cm³/mol. The summed E-state index contributed by atoms with van der Waals surface area (Å²) in [7, 11) is 0. The second-order valence-electron chi connectivity index (χ2n) is 5.62. The molecule has 1 aliphatic rings. The van der Waals surface area contributed by atoms with Crippen LogP contribution in [0.5, 0.6) is 0 Å². The van der Waals surface area contributed by atoms with E-state index in [0.717, 1.165) is 24.2 Å².